The molecule has 3 nitrogen and oxygen atoms in total. The minimum absolute atomic E-state index is 0.181. The molecule has 0 saturated heterocycles. The molecule has 5 heteroatoms. The predicted molar refractivity (Wildman–Crippen MR) is 92.6 cm³/mol. The summed E-state index contributed by atoms with van der Waals surface area (Å²) in [5.74, 6) is 0.305. The molecule has 0 unspecified atom stereocenters. The summed E-state index contributed by atoms with van der Waals surface area (Å²) in [5, 5.41) is 5.94. The highest BCUT2D eigenvalue weighted by atomic mass is 35.5. The fourth-order valence-electron chi connectivity index (χ4n) is 2.53. The monoisotopic (exact) mass is 338 g/mol. The summed E-state index contributed by atoms with van der Waals surface area (Å²) >= 11 is 6.26. The van der Waals surface area contributed by atoms with Gasteiger partial charge in [-0.25, -0.2) is 9.07 Å². The van der Waals surface area contributed by atoms with Crippen molar-refractivity contribution in [1.82, 2.24) is 9.78 Å². The van der Waals surface area contributed by atoms with Crippen LogP contribution in [-0.2, 0) is 0 Å². The highest BCUT2D eigenvalue weighted by molar-refractivity contribution is 6.32. The van der Waals surface area contributed by atoms with Gasteiger partial charge in [-0.1, -0.05) is 35.9 Å². The van der Waals surface area contributed by atoms with Crippen LogP contribution in [0, 0.1) is 5.82 Å². The Bertz CT molecular complexity index is 1030. The maximum absolute atomic E-state index is 13.8. The molecule has 0 saturated carbocycles. The molecule has 0 aliphatic carbocycles. The fraction of sp³-hybridized carbons (Fsp3) is 0. The second-order valence-electron chi connectivity index (χ2n) is 5.26. The van der Waals surface area contributed by atoms with E-state index in [1.54, 1.807) is 35.1 Å². The Morgan fingerprint density at radius 3 is 2.58 bits per heavy atom. The van der Waals surface area contributed by atoms with Crippen LogP contribution in [-0.4, -0.2) is 9.78 Å². The van der Waals surface area contributed by atoms with Gasteiger partial charge in [-0.3, -0.25) is 0 Å². The number of rotatable bonds is 3. The fourth-order valence-corrected chi connectivity index (χ4v) is 2.75. The highest BCUT2D eigenvalue weighted by Crippen LogP contribution is 2.29. The van der Waals surface area contributed by atoms with E-state index in [1.807, 2.05) is 36.4 Å². The van der Waals surface area contributed by atoms with Crippen molar-refractivity contribution in [1.29, 1.82) is 0 Å². The quantitative estimate of drug-likeness (QED) is 0.485. The third kappa shape index (κ3) is 2.61. The van der Waals surface area contributed by atoms with Crippen molar-refractivity contribution in [2.45, 2.75) is 0 Å². The van der Waals surface area contributed by atoms with Crippen molar-refractivity contribution in [2.24, 2.45) is 0 Å². The Morgan fingerprint density at radius 1 is 0.958 bits per heavy atom. The number of benzene rings is 3. The van der Waals surface area contributed by atoms with E-state index in [4.69, 9.17) is 16.3 Å². The third-order valence-electron chi connectivity index (χ3n) is 3.69. The Balaban J connectivity index is 1.79. The zero-order valence-corrected chi connectivity index (χ0v) is 13.2. The molecule has 3 aromatic carbocycles. The van der Waals surface area contributed by atoms with E-state index < -0.39 is 5.82 Å². The minimum Gasteiger partial charge on any atom is -0.454 e. The Hall–Kier alpha value is -2.85. The molecule has 0 N–H and O–H groups in total. The lowest BCUT2D eigenvalue weighted by atomic mass is 10.2. The number of fused-ring (bicyclic) bond motifs is 1. The predicted octanol–water partition coefficient (Wildman–Crippen LogP) is 5.61. The lowest BCUT2D eigenvalue weighted by molar-refractivity contribution is 0.442. The zero-order chi connectivity index (χ0) is 16.5. The number of hydrogen-bond donors (Lipinski definition) is 0. The zero-order valence-electron chi connectivity index (χ0n) is 12.5. The van der Waals surface area contributed by atoms with Gasteiger partial charge in [0.2, 0.25) is 0 Å². The first-order chi connectivity index (χ1) is 11.7. The molecule has 4 rings (SSSR count). The molecule has 0 amide bonds. The van der Waals surface area contributed by atoms with Crippen LogP contribution in [0.3, 0.4) is 0 Å². The van der Waals surface area contributed by atoms with Gasteiger partial charge >= 0.3 is 0 Å². The molecule has 1 heterocycles. The number of nitrogens with zero attached hydrogens (tertiary/aromatic N) is 2. The van der Waals surface area contributed by atoms with Gasteiger partial charge in [0.1, 0.15) is 5.75 Å². The molecule has 118 valence electrons. The summed E-state index contributed by atoms with van der Waals surface area (Å²) < 4.78 is 21.2. The topological polar surface area (TPSA) is 27.1 Å². The number of hydrogen-bond acceptors (Lipinski definition) is 2. The molecular formula is C19H12ClFN2O. The summed E-state index contributed by atoms with van der Waals surface area (Å²) in [7, 11) is 0. The van der Waals surface area contributed by atoms with Gasteiger partial charge in [0.25, 0.3) is 0 Å². The van der Waals surface area contributed by atoms with E-state index in [0.29, 0.717) is 10.8 Å². The minimum atomic E-state index is -0.405. The van der Waals surface area contributed by atoms with Gasteiger partial charge in [-0.15, -0.1) is 0 Å². The normalized spacial score (nSPS) is 10.9. The SMILES string of the molecule is Fc1ccccc1Oc1ccc2cnn(-c3ccccc3Cl)c2c1. The van der Waals surface area contributed by atoms with Crippen LogP contribution in [0.15, 0.2) is 72.9 Å². The second-order valence-corrected chi connectivity index (χ2v) is 5.67. The van der Waals surface area contributed by atoms with E-state index in [-0.39, 0.29) is 5.75 Å². The summed E-state index contributed by atoms with van der Waals surface area (Å²) in [6, 6.07) is 19.2. The van der Waals surface area contributed by atoms with Crippen molar-refractivity contribution < 1.29 is 9.13 Å². The number of aromatic nitrogens is 2. The van der Waals surface area contributed by atoms with E-state index in [0.717, 1.165) is 16.6 Å². The average Bonchev–Trinajstić information content (AvgIpc) is 3.00. The summed E-state index contributed by atoms with van der Waals surface area (Å²) in [4.78, 5) is 0. The Morgan fingerprint density at radius 2 is 1.75 bits per heavy atom. The van der Waals surface area contributed by atoms with Crippen LogP contribution < -0.4 is 4.74 Å². The van der Waals surface area contributed by atoms with E-state index in [9.17, 15) is 4.39 Å². The number of halogens is 2. The van der Waals surface area contributed by atoms with Crippen LogP contribution in [0.4, 0.5) is 4.39 Å². The van der Waals surface area contributed by atoms with Gasteiger partial charge in [0.05, 0.1) is 22.4 Å². The highest BCUT2D eigenvalue weighted by Gasteiger charge is 2.10. The number of para-hydroxylation sites is 2. The molecular weight excluding hydrogens is 327 g/mol. The Labute approximate surface area is 142 Å². The molecule has 0 radical (unpaired) electrons. The van der Waals surface area contributed by atoms with Crippen molar-refractivity contribution in [2.75, 3.05) is 0 Å². The molecule has 0 bridgehead atoms. The van der Waals surface area contributed by atoms with Crippen molar-refractivity contribution >= 4 is 22.5 Å². The summed E-state index contributed by atoms with van der Waals surface area (Å²) in [6.45, 7) is 0. The second kappa shape index (κ2) is 5.98. The smallest absolute Gasteiger partial charge is 0.165 e. The first-order valence-corrected chi connectivity index (χ1v) is 7.75. The third-order valence-corrected chi connectivity index (χ3v) is 4.01. The van der Waals surface area contributed by atoms with E-state index in [1.165, 1.54) is 6.07 Å². The van der Waals surface area contributed by atoms with Crippen molar-refractivity contribution in [3.8, 4) is 17.2 Å². The van der Waals surface area contributed by atoms with Crippen LogP contribution in [0.5, 0.6) is 11.5 Å². The lowest BCUT2D eigenvalue weighted by Crippen LogP contribution is -1.97. The average molecular weight is 339 g/mol. The standard InChI is InChI=1S/C19H12ClFN2O/c20-15-5-1-3-7-17(15)23-18-11-14(10-9-13(18)12-22-23)24-19-8-4-2-6-16(19)21/h1-12H. The van der Waals surface area contributed by atoms with Gasteiger partial charge in [0.15, 0.2) is 11.6 Å². The van der Waals surface area contributed by atoms with Gasteiger partial charge in [0, 0.05) is 11.5 Å². The largest absolute Gasteiger partial charge is 0.454 e. The van der Waals surface area contributed by atoms with Crippen molar-refractivity contribution in [3.05, 3.63) is 83.8 Å². The van der Waals surface area contributed by atoms with Crippen LogP contribution in [0.25, 0.3) is 16.6 Å². The van der Waals surface area contributed by atoms with E-state index >= 15 is 0 Å². The van der Waals surface area contributed by atoms with E-state index in [2.05, 4.69) is 5.10 Å². The maximum Gasteiger partial charge on any atom is 0.165 e. The lowest BCUT2D eigenvalue weighted by Gasteiger charge is -2.09. The van der Waals surface area contributed by atoms with Gasteiger partial charge in [-0.05, 0) is 36.4 Å². The Kier molecular flexibility index (Phi) is 3.67. The molecule has 0 fully saturated rings. The molecule has 0 aliphatic rings. The molecule has 0 atom stereocenters. The van der Waals surface area contributed by atoms with Crippen LogP contribution >= 0.6 is 11.6 Å². The molecule has 0 spiro atoms. The maximum atomic E-state index is 13.8. The first-order valence-electron chi connectivity index (χ1n) is 7.37. The summed E-state index contributed by atoms with van der Waals surface area (Å²) in [5.41, 5.74) is 1.61. The van der Waals surface area contributed by atoms with Crippen LogP contribution in [0.2, 0.25) is 5.02 Å². The summed E-state index contributed by atoms with van der Waals surface area (Å²) in [6.07, 6.45) is 1.76. The van der Waals surface area contributed by atoms with Crippen molar-refractivity contribution in [3.63, 3.8) is 0 Å². The first kappa shape index (κ1) is 14.7. The molecule has 24 heavy (non-hydrogen) atoms. The molecule has 4 aromatic rings. The molecule has 1 aromatic heterocycles. The van der Waals surface area contributed by atoms with Gasteiger partial charge < -0.3 is 4.74 Å². The number of ether oxygens (including phenoxy) is 1. The van der Waals surface area contributed by atoms with Crippen LogP contribution in [0.1, 0.15) is 0 Å². The molecule has 0 aliphatic heterocycles. The van der Waals surface area contributed by atoms with Gasteiger partial charge in [-0.2, -0.15) is 5.10 Å².